The minimum absolute atomic E-state index is 0.0897. The van der Waals surface area contributed by atoms with Gasteiger partial charge in [-0.15, -0.1) is 0 Å². The van der Waals surface area contributed by atoms with Gasteiger partial charge in [-0.1, -0.05) is 44.9 Å². The number of para-hydroxylation sites is 1. The van der Waals surface area contributed by atoms with Crippen LogP contribution in [0.25, 0.3) is 0 Å². The molecule has 0 spiro atoms. The van der Waals surface area contributed by atoms with Gasteiger partial charge in [0, 0.05) is 12.2 Å². The number of amides is 2. The van der Waals surface area contributed by atoms with E-state index >= 15 is 0 Å². The maximum Gasteiger partial charge on any atom is 0.313 e. The standard InChI is InChI=1S/C16H24N2O3/c1-4-12(5-2)14(19)10-17-15(20)16(21)18-13-9-7-6-8-11(13)3/h6-9,12,14,19H,4-5,10H2,1-3H3,(H,17,20)(H,18,21). The Morgan fingerprint density at radius 1 is 1.14 bits per heavy atom. The number of aryl methyl sites for hydroxylation is 1. The average molecular weight is 292 g/mol. The number of anilines is 1. The van der Waals surface area contributed by atoms with Crippen LogP contribution in [0.4, 0.5) is 5.69 Å². The highest BCUT2D eigenvalue weighted by molar-refractivity contribution is 6.39. The molecule has 0 aliphatic rings. The zero-order chi connectivity index (χ0) is 15.8. The van der Waals surface area contributed by atoms with E-state index in [-0.39, 0.29) is 12.5 Å². The lowest BCUT2D eigenvalue weighted by atomic mass is 9.96. The molecule has 1 unspecified atom stereocenters. The van der Waals surface area contributed by atoms with E-state index in [1.807, 2.05) is 32.9 Å². The molecule has 0 bridgehead atoms. The van der Waals surface area contributed by atoms with Crippen LogP contribution in [0.2, 0.25) is 0 Å². The molecule has 0 saturated heterocycles. The topological polar surface area (TPSA) is 78.4 Å². The predicted molar refractivity (Wildman–Crippen MR) is 82.9 cm³/mol. The number of carbonyl (C=O) groups is 2. The van der Waals surface area contributed by atoms with Crippen molar-refractivity contribution in [2.75, 3.05) is 11.9 Å². The van der Waals surface area contributed by atoms with Gasteiger partial charge >= 0.3 is 11.8 Å². The first-order valence-corrected chi connectivity index (χ1v) is 7.32. The van der Waals surface area contributed by atoms with E-state index in [4.69, 9.17) is 0 Å². The van der Waals surface area contributed by atoms with Crippen molar-refractivity contribution in [1.82, 2.24) is 5.32 Å². The van der Waals surface area contributed by atoms with E-state index in [9.17, 15) is 14.7 Å². The molecular formula is C16H24N2O3. The Kier molecular flexibility index (Phi) is 6.88. The minimum atomic E-state index is -0.733. The summed E-state index contributed by atoms with van der Waals surface area (Å²) in [6.07, 6.45) is 1.04. The van der Waals surface area contributed by atoms with Gasteiger partial charge in [-0.05, 0) is 24.5 Å². The summed E-state index contributed by atoms with van der Waals surface area (Å²) >= 11 is 0. The van der Waals surface area contributed by atoms with Crippen LogP contribution >= 0.6 is 0 Å². The monoisotopic (exact) mass is 292 g/mol. The number of hydrogen-bond acceptors (Lipinski definition) is 3. The highest BCUT2D eigenvalue weighted by Crippen LogP contribution is 2.13. The molecule has 1 rings (SSSR count). The number of rotatable bonds is 6. The molecule has 1 aromatic rings. The summed E-state index contributed by atoms with van der Waals surface area (Å²) in [6.45, 7) is 5.92. The third-order valence-corrected chi connectivity index (χ3v) is 3.66. The molecule has 5 nitrogen and oxygen atoms in total. The Hall–Kier alpha value is -1.88. The maximum absolute atomic E-state index is 11.8. The molecule has 0 radical (unpaired) electrons. The molecule has 116 valence electrons. The molecule has 2 amide bonds. The molecule has 5 heteroatoms. The van der Waals surface area contributed by atoms with Gasteiger partial charge in [0.25, 0.3) is 0 Å². The molecule has 0 heterocycles. The molecule has 3 N–H and O–H groups in total. The second-order valence-electron chi connectivity index (χ2n) is 5.12. The predicted octanol–water partition coefficient (Wildman–Crippen LogP) is 1.85. The number of benzene rings is 1. The molecule has 21 heavy (non-hydrogen) atoms. The van der Waals surface area contributed by atoms with Crippen molar-refractivity contribution in [3.05, 3.63) is 29.8 Å². The van der Waals surface area contributed by atoms with Crippen molar-refractivity contribution in [2.24, 2.45) is 5.92 Å². The van der Waals surface area contributed by atoms with Crippen molar-refractivity contribution < 1.29 is 14.7 Å². The fourth-order valence-corrected chi connectivity index (χ4v) is 2.17. The zero-order valence-corrected chi connectivity index (χ0v) is 12.8. The maximum atomic E-state index is 11.8. The van der Waals surface area contributed by atoms with Gasteiger partial charge < -0.3 is 15.7 Å². The van der Waals surface area contributed by atoms with Crippen LogP contribution in [-0.2, 0) is 9.59 Å². The van der Waals surface area contributed by atoms with E-state index in [0.717, 1.165) is 18.4 Å². The Bertz CT molecular complexity index is 484. The van der Waals surface area contributed by atoms with Crippen LogP contribution in [0.15, 0.2) is 24.3 Å². The molecule has 1 aromatic carbocycles. The van der Waals surface area contributed by atoms with Gasteiger partial charge in [0.05, 0.1) is 6.10 Å². The molecule has 1 atom stereocenters. The Morgan fingerprint density at radius 2 is 1.76 bits per heavy atom. The first-order chi connectivity index (χ1) is 9.99. The van der Waals surface area contributed by atoms with Gasteiger partial charge in [0.2, 0.25) is 0 Å². The second kappa shape index (κ2) is 8.42. The zero-order valence-electron chi connectivity index (χ0n) is 12.8. The average Bonchev–Trinajstić information content (AvgIpc) is 2.48. The molecule has 0 aromatic heterocycles. The van der Waals surface area contributed by atoms with Crippen molar-refractivity contribution in [3.63, 3.8) is 0 Å². The fraction of sp³-hybridized carbons (Fsp3) is 0.500. The molecular weight excluding hydrogens is 268 g/mol. The largest absolute Gasteiger partial charge is 0.391 e. The van der Waals surface area contributed by atoms with Gasteiger partial charge in [-0.2, -0.15) is 0 Å². The summed E-state index contributed by atoms with van der Waals surface area (Å²) < 4.78 is 0. The lowest BCUT2D eigenvalue weighted by molar-refractivity contribution is -0.136. The summed E-state index contributed by atoms with van der Waals surface area (Å²) in [6, 6.07) is 7.23. The second-order valence-corrected chi connectivity index (χ2v) is 5.12. The van der Waals surface area contributed by atoms with Crippen LogP contribution < -0.4 is 10.6 Å². The lowest BCUT2D eigenvalue weighted by Gasteiger charge is -2.20. The first-order valence-electron chi connectivity index (χ1n) is 7.32. The number of carbonyl (C=O) groups excluding carboxylic acids is 2. The molecule has 0 aliphatic heterocycles. The van der Waals surface area contributed by atoms with Gasteiger partial charge in [-0.25, -0.2) is 0 Å². The number of aliphatic hydroxyl groups excluding tert-OH is 1. The van der Waals surface area contributed by atoms with Gasteiger partial charge in [0.1, 0.15) is 0 Å². The van der Waals surface area contributed by atoms with E-state index in [1.54, 1.807) is 12.1 Å². The molecule has 0 saturated carbocycles. The smallest absolute Gasteiger partial charge is 0.313 e. The summed E-state index contributed by atoms with van der Waals surface area (Å²) in [5.41, 5.74) is 1.49. The Morgan fingerprint density at radius 3 is 2.33 bits per heavy atom. The third kappa shape index (κ3) is 5.19. The first kappa shape index (κ1) is 17.2. The van der Waals surface area contributed by atoms with Crippen LogP contribution in [0, 0.1) is 12.8 Å². The van der Waals surface area contributed by atoms with Crippen molar-refractivity contribution in [3.8, 4) is 0 Å². The van der Waals surface area contributed by atoms with Gasteiger partial charge in [-0.3, -0.25) is 9.59 Å². The van der Waals surface area contributed by atoms with Crippen molar-refractivity contribution in [1.29, 1.82) is 0 Å². The molecule has 0 fully saturated rings. The van der Waals surface area contributed by atoms with Crippen molar-refractivity contribution in [2.45, 2.75) is 39.7 Å². The Labute approximate surface area is 125 Å². The summed E-state index contributed by atoms with van der Waals surface area (Å²) in [7, 11) is 0. The lowest BCUT2D eigenvalue weighted by Crippen LogP contribution is -2.41. The summed E-state index contributed by atoms with van der Waals surface area (Å²) in [5.74, 6) is -1.32. The normalized spacial score (nSPS) is 12.0. The SMILES string of the molecule is CCC(CC)C(O)CNC(=O)C(=O)Nc1ccccc1C. The number of hydrogen-bond donors (Lipinski definition) is 3. The molecule has 0 aliphatic carbocycles. The van der Waals surface area contributed by atoms with E-state index in [1.165, 1.54) is 0 Å². The summed E-state index contributed by atoms with van der Waals surface area (Å²) in [4.78, 5) is 23.5. The van der Waals surface area contributed by atoms with Crippen LogP contribution in [0.5, 0.6) is 0 Å². The van der Waals surface area contributed by atoms with Gasteiger partial charge in [0.15, 0.2) is 0 Å². The quantitative estimate of drug-likeness (QED) is 0.700. The van der Waals surface area contributed by atoms with E-state index in [2.05, 4.69) is 10.6 Å². The number of aliphatic hydroxyl groups is 1. The van der Waals surface area contributed by atoms with Crippen molar-refractivity contribution >= 4 is 17.5 Å². The third-order valence-electron chi connectivity index (χ3n) is 3.66. The van der Waals surface area contributed by atoms with Crippen LogP contribution in [-0.4, -0.2) is 29.6 Å². The minimum Gasteiger partial charge on any atom is -0.391 e. The van der Waals surface area contributed by atoms with Crippen LogP contribution in [0.1, 0.15) is 32.3 Å². The van der Waals surface area contributed by atoms with E-state index in [0.29, 0.717) is 5.69 Å². The fourth-order valence-electron chi connectivity index (χ4n) is 2.17. The Balaban J connectivity index is 2.49. The highest BCUT2D eigenvalue weighted by atomic mass is 16.3. The van der Waals surface area contributed by atoms with E-state index < -0.39 is 17.9 Å². The highest BCUT2D eigenvalue weighted by Gasteiger charge is 2.19. The van der Waals surface area contributed by atoms with Crippen LogP contribution in [0.3, 0.4) is 0 Å². The number of nitrogens with one attached hydrogen (secondary N) is 2. The summed E-state index contributed by atoms with van der Waals surface area (Å²) in [5, 5.41) is 15.0.